The summed E-state index contributed by atoms with van der Waals surface area (Å²) in [7, 11) is -3.06. The van der Waals surface area contributed by atoms with Crippen LogP contribution in [-0.2, 0) is 14.2 Å². The van der Waals surface area contributed by atoms with Gasteiger partial charge in [0.2, 0.25) is 0 Å². The average molecular weight is 360 g/mol. The molecule has 0 heterocycles. The van der Waals surface area contributed by atoms with E-state index in [-0.39, 0.29) is 11.5 Å². The van der Waals surface area contributed by atoms with Gasteiger partial charge in [-0.1, -0.05) is 37.3 Å². The minimum Gasteiger partial charge on any atom is -0.427 e. The molecule has 6 heteroatoms. The quantitative estimate of drug-likeness (QED) is 0.449. The van der Waals surface area contributed by atoms with Crippen LogP contribution in [-0.4, -0.2) is 18.1 Å². The third-order valence-corrected chi connectivity index (χ3v) is 6.88. The molecule has 132 valence electrons. The summed E-state index contributed by atoms with van der Waals surface area (Å²) in [4.78, 5) is 22.7. The first-order valence-electron chi connectivity index (χ1n) is 8.03. The molecule has 25 heavy (non-hydrogen) atoms. The van der Waals surface area contributed by atoms with E-state index in [9.17, 15) is 14.2 Å². The van der Waals surface area contributed by atoms with Gasteiger partial charge in [-0.3, -0.25) is 9.59 Å². The molecular formula is C19H21O5P. The first-order chi connectivity index (χ1) is 11.9. The number of carbonyl (C=O) groups excluding carboxylic acids is 2. The first kappa shape index (κ1) is 18.9. The molecule has 0 aliphatic rings. The molecule has 0 N–H and O–H groups in total. The second-order valence-electron chi connectivity index (χ2n) is 5.62. The van der Waals surface area contributed by atoms with E-state index >= 15 is 0 Å². The standard InChI is InChI=1S/C19H21O5P/c1-4-12-25(22,17-8-6-5-7-9-17)19-13-16(23-14(2)20)10-11-18(19)24-15(3)21/h5-11,13H,4,12H2,1-3H3. The number of hydrogen-bond donors (Lipinski definition) is 0. The molecule has 1 atom stereocenters. The lowest BCUT2D eigenvalue weighted by atomic mass is 10.3. The number of benzene rings is 2. The summed E-state index contributed by atoms with van der Waals surface area (Å²) in [6.07, 6.45) is 1.10. The first-order valence-corrected chi connectivity index (χ1v) is 9.92. The predicted octanol–water partition coefficient (Wildman–Crippen LogP) is 3.26. The summed E-state index contributed by atoms with van der Waals surface area (Å²) >= 11 is 0. The maximum absolute atomic E-state index is 13.9. The largest absolute Gasteiger partial charge is 0.427 e. The zero-order valence-corrected chi connectivity index (χ0v) is 15.4. The van der Waals surface area contributed by atoms with E-state index < -0.39 is 19.1 Å². The second kappa shape index (κ2) is 8.13. The lowest BCUT2D eigenvalue weighted by molar-refractivity contribution is -0.133. The molecule has 0 saturated heterocycles. The summed E-state index contributed by atoms with van der Waals surface area (Å²) in [6.45, 7) is 4.52. The van der Waals surface area contributed by atoms with Gasteiger partial charge in [-0.15, -0.1) is 0 Å². The number of carbonyl (C=O) groups is 2. The third kappa shape index (κ3) is 4.58. The summed E-state index contributed by atoms with van der Waals surface area (Å²) in [5.41, 5.74) is 0. The summed E-state index contributed by atoms with van der Waals surface area (Å²) in [6, 6.07) is 13.6. The van der Waals surface area contributed by atoms with Crippen LogP contribution < -0.4 is 20.1 Å². The van der Waals surface area contributed by atoms with E-state index in [2.05, 4.69) is 0 Å². The van der Waals surface area contributed by atoms with Gasteiger partial charge < -0.3 is 14.0 Å². The molecule has 1 unspecified atom stereocenters. The van der Waals surface area contributed by atoms with Crippen molar-refractivity contribution < 1.29 is 23.6 Å². The van der Waals surface area contributed by atoms with Crippen LogP contribution in [0.25, 0.3) is 0 Å². The number of rotatable bonds is 6. The van der Waals surface area contributed by atoms with Crippen LogP contribution in [0.15, 0.2) is 48.5 Å². The Bertz CT molecular complexity index is 814. The van der Waals surface area contributed by atoms with Gasteiger partial charge in [-0.2, -0.15) is 0 Å². The molecule has 2 aromatic carbocycles. The van der Waals surface area contributed by atoms with Crippen molar-refractivity contribution in [3.8, 4) is 11.5 Å². The molecule has 0 radical (unpaired) electrons. The Morgan fingerprint density at radius 1 is 0.960 bits per heavy atom. The molecule has 0 spiro atoms. The number of hydrogen-bond acceptors (Lipinski definition) is 5. The van der Waals surface area contributed by atoms with Crippen LogP contribution in [0.2, 0.25) is 0 Å². The Morgan fingerprint density at radius 3 is 2.16 bits per heavy atom. The van der Waals surface area contributed by atoms with Crippen LogP contribution in [0.3, 0.4) is 0 Å². The lowest BCUT2D eigenvalue weighted by Gasteiger charge is -2.21. The molecule has 0 aliphatic heterocycles. The smallest absolute Gasteiger partial charge is 0.308 e. The summed E-state index contributed by atoms with van der Waals surface area (Å²) in [5.74, 6) is -0.483. The van der Waals surface area contributed by atoms with Crippen molar-refractivity contribution in [2.75, 3.05) is 6.16 Å². The normalized spacial score (nSPS) is 12.9. The summed E-state index contributed by atoms with van der Waals surface area (Å²) < 4.78 is 24.3. The van der Waals surface area contributed by atoms with Gasteiger partial charge in [-0.25, -0.2) is 0 Å². The predicted molar refractivity (Wildman–Crippen MR) is 97.5 cm³/mol. The monoisotopic (exact) mass is 360 g/mol. The Balaban J connectivity index is 2.66. The van der Waals surface area contributed by atoms with Gasteiger partial charge in [0.1, 0.15) is 18.6 Å². The minimum atomic E-state index is -3.06. The van der Waals surface area contributed by atoms with Crippen molar-refractivity contribution in [1.29, 1.82) is 0 Å². The zero-order chi connectivity index (χ0) is 18.4. The minimum absolute atomic E-state index is 0.226. The fourth-order valence-corrected chi connectivity index (χ4v) is 5.50. The van der Waals surface area contributed by atoms with Gasteiger partial charge in [0, 0.05) is 25.3 Å². The van der Waals surface area contributed by atoms with Crippen LogP contribution in [0, 0.1) is 0 Å². The van der Waals surface area contributed by atoms with E-state index in [0.29, 0.717) is 23.2 Å². The third-order valence-electron chi connectivity index (χ3n) is 3.55. The molecular weight excluding hydrogens is 339 g/mol. The van der Waals surface area contributed by atoms with Gasteiger partial charge in [0.25, 0.3) is 0 Å². The maximum atomic E-state index is 13.9. The van der Waals surface area contributed by atoms with E-state index in [0.717, 1.165) is 0 Å². The van der Waals surface area contributed by atoms with Gasteiger partial charge in [0.15, 0.2) is 0 Å². The van der Waals surface area contributed by atoms with Gasteiger partial charge in [-0.05, 0) is 24.6 Å². The van der Waals surface area contributed by atoms with Crippen LogP contribution in [0.4, 0.5) is 0 Å². The van der Waals surface area contributed by atoms with Crippen molar-refractivity contribution in [3.63, 3.8) is 0 Å². The van der Waals surface area contributed by atoms with Crippen molar-refractivity contribution in [1.82, 2.24) is 0 Å². The lowest BCUT2D eigenvalue weighted by Crippen LogP contribution is -2.22. The molecule has 5 nitrogen and oxygen atoms in total. The zero-order valence-electron chi connectivity index (χ0n) is 14.5. The molecule has 0 saturated carbocycles. The fourth-order valence-electron chi connectivity index (χ4n) is 2.62. The Kier molecular flexibility index (Phi) is 6.16. The van der Waals surface area contributed by atoms with Crippen molar-refractivity contribution >= 4 is 29.7 Å². The Labute approximate surface area is 147 Å². The van der Waals surface area contributed by atoms with E-state index in [1.807, 2.05) is 25.1 Å². The Hall–Kier alpha value is -2.39. The Morgan fingerprint density at radius 2 is 1.60 bits per heavy atom. The SMILES string of the molecule is CCCP(=O)(c1ccccc1)c1cc(OC(C)=O)ccc1OC(C)=O. The molecule has 0 aromatic heterocycles. The summed E-state index contributed by atoms with van der Waals surface area (Å²) in [5, 5.41) is 1.06. The van der Waals surface area contributed by atoms with Crippen LogP contribution >= 0.6 is 7.14 Å². The van der Waals surface area contributed by atoms with Crippen molar-refractivity contribution in [3.05, 3.63) is 48.5 Å². The topological polar surface area (TPSA) is 69.7 Å². The van der Waals surface area contributed by atoms with Crippen molar-refractivity contribution in [2.24, 2.45) is 0 Å². The van der Waals surface area contributed by atoms with E-state index in [4.69, 9.17) is 9.47 Å². The highest BCUT2D eigenvalue weighted by Crippen LogP contribution is 2.47. The molecule has 2 rings (SSSR count). The highest BCUT2D eigenvalue weighted by atomic mass is 31.2. The van der Waals surface area contributed by atoms with Gasteiger partial charge >= 0.3 is 11.9 Å². The average Bonchev–Trinajstić information content (AvgIpc) is 2.56. The maximum Gasteiger partial charge on any atom is 0.308 e. The molecule has 0 aliphatic carbocycles. The molecule has 2 aromatic rings. The highest BCUT2D eigenvalue weighted by Gasteiger charge is 2.31. The molecule has 0 amide bonds. The molecule has 0 bridgehead atoms. The number of esters is 2. The second-order valence-corrected chi connectivity index (χ2v) is 8.54. The van der Waals surface area contributed by atoms with E-state index in [1.54, 1.807) is 12.1 Å². The van der Waals surface area contributed by atoms with E-state index in [1.165, 1.54) is 32.0 Å². The highest BCUT2D eigenvalue weighted by molar-refractivity contribution is 7.78. The van der Waals surface area contributed by atoms with Crippen molar-refractivity contribution in [2.45, 2.75) is 27.2 Å². The molecule has 0 fully saturated rings. The van der Waals surface area contributed by atoms with Gasteiger partial charge in [0.05, 0.1) is 5.30 Å². The van der Waals surface area contributed by atoms with Crippen LogP contribution in [0.1, 0.15) is 27.2 Å². The van der Waals surface area contributed by atoms with Crippen LogP contribution in [0.5, 0.6) is 11.5 Å². The fraction of sp³-hybridized carbons (Fsp3) is 0.263. The number of ether oxygens (including phenoxy) is 2.